The van der Waals surface area contributed by atoms with Gasteiger partial charge in [-0.25, -0.2) is 0 Å². The largest absolute Gasteiger partial charge is 0.493 e. The molecule has 7 heteroatoms. The van der Waals surface area contributed by atoms with Crippen molar-refractivity contribution in [3.05, 3.63) is 28.3 Å². The Morgan fingerprint density at radius 1 is 1.00 bits per heavy atom. The average Bonchev–Trinajstić information content (AvgIpc) is 3.39. The molecular formula is C29H43ClN2O4. The fourth-order valence-corrected chi connectivity index (χ4v) is 6.40. The number of halogens is 1. The number of amides is 2. The van der Waals surface area contributed by atoms with E-state index < -0.39 is 5.41 Å². The lowest BCUT2D eigenvalue weighted by Gasteiger charge is -2.43. The molecule has 0 bridgehead atoms. The van der Waals surface area contributed by atoms with Crippen molar-refractivity contribution in [1.29, 1.82) is 0 Å². The minimum absolute atomic E-state index is 0.106. The Morgan fingerprint density at radius 2 is 1.67 bits per heavy atom. The zero-order valence-corrected chi connectivity index (χ0v) is 22.8. The SMILES string of the molecule is Cc1cc(OCC2(CC(=O)N3CCC(O)CC3)CCCN(C(=O)CCC3CCCC3)C2)cc(C)c1Cl. The molecule has 1 saturated carbocycles. The highest BCUT2D eigenvalue weighted by molar-refractivity contribution is 6.32. The van der Waals surface area contributed by atoms with E-state index in [1.807, 2.05) is 35.8 Å². The van der Waals surface area contributed by atoms with Crippen molar-refractivity contribution in [3.8, 4) is 5.75 Å². The smallest absolute Gasteiger partial charge is 0.223 e. The molecule has 0 aromatic heterocycles. The highest BCUT2D eigenvalue weighted by Gasteiger charge is 2.41. The summed E-state index contributed by atoms with van der Waals surface area (Å²) < 4.78 is 6.33. The number of likely N-dealkylation sites (tertiary alicyclic amines) is 2. The van der Waals surface area contributed by atoms with Gasteiger partial charge in [0.05, 0.1) is 12.7 Å². The van der Waals surface area contributed by atoms with Crippen LogP contribution in [0.25, 0.3) is 0 Å². The Kier molecular flexibility index (Phi) is 9.21. The van der Waals surface area contributed by atoms with Crippen LogP contribution in [0.4, 0.5) is 0 Å². The minimum atomic E-state index is -0.421. The van der Waals surface area contributed by atoms with E-state index in [-0.39, 0.29) is 17.9 Å². The summed E-state index contributed by atoms with van der Waals surface area (Å²) in [7, 11) is 0. The molecule has 0 radical (unpaired) electrons. The Hall–Kier alpha value is -1.79. The highest BCUT2D eigenvalue weighted by atomic mass is 35.5. The third-order valence-electron chi connectivity index (χ3n) is 8.55. The number of rotatable bonds is 8. The summed E-state index contributed by atoms with van der Waals surface area (Å²) in [6.45, 7) is 6.84. The summed E-state index contributed by atoms with van der Waals surface area (Å²) in [5.41, 5.74) is 1.52. The number of nitrogens with zero attached hydrogens (tertiary/aromatic N) is 2. The van der Waals surface area contributed by atoms with Crippen molar-refractivity contribution >= 4 is 23.4 Å². The molecule has 4 rings (SSSR count). The summed E-state index contributed by atoms with van der Waals surface area (Å²) in [6, 6.07) is 3.90. The third-order valence-corrected chi connectivity index (χ3v) is 9.15. The monoisotopic (exact) mass is 518 g/mol. The van der Waals surface area contributed by atoms with Crippen molar-refractivity contribution < 1.29 is 19.4 Å². The molecule has 0 spiro atoms. The number of carbonyl (C=O) groups excluding carboxylic acids is 2. The van der Waals surface area contributed by atoms with Gasteiger partial charge in [0.1, 0.15) is 5.75 Å². The lowest BCUT2D eigenvalue weighted by molar-refractivity contribution is -0.142. The second-order valence-electron chi connectivity index (χ2n) is 11.6. The second kappa shape index (κ2) is 12.2. The van der Waals surface area contributed by atoms with Crippen LogP contribution in [0.3, 0.4) is 0 Å². The number of ether oxygens (including phenoxy) is 1. The van der Waals surface area contributed by atoms with E-state index >= 15 is 0 Å². The van der Waals surface area contributed by atoms with E-state index in [1.54, 1.807) is 0 Å². The highest BCUT2D eigenvalue weighted by Crippen LogP contribution is 2.37. The van der Waals surface area contributed by atoms with Crippen LogP contribution in [-0.4, -0.2) is 65.6 Å². The molecule has 1 N–H and O–H groups in total. The van der Waals surface area contributed by atoms with Crippen molar-refractivity contribution in [2.45, 2.75) is 90.6 Å². The summed E-state index contributed by atoms with van der Waals surface area (Å²) in [5.74, 6) is 1.78. The first-order valence-corrected chi connectivity index (χ1v) is 14.3. The number of aliphatic hydroxyl groups is 1. The van der Waals surface area contributed by atoms with E-state index in [2.05, 4.69) is 0 Å². The lowest BCUT2D eigenvalue weighted by atomic mass is 9.77. The minimum Gasteiger partial charge on any atom is -0.493 e. The lowest BCUT2D eigenvalue weighted by Crippen LogP contribution is -2.51. The fraction of sp³-hybridized carbons (Fsp3) is 0.724. The van der Waals surface area contributed by atoms with Crippen molar-refractivity contribution in [3.63, 3.8) is 0 Å². The summed E-state index contributed by atoms with van der Waals surface area (Å²) in [5, 5.41) is 10.6. The summed E-state index contributed by atoms with van der Waals surface area (Å²) in [4.78, 5) is 30.5. The molecule has 2 heterocycles. The van der Waals surface area contributed by atoms with E-state index in [0.29, 0.717) is 57.8 Å². The molecule has 1 unspecified atom stereocenters. The molecule has 3 aliphatic rings. The van der Waals surface area contributed by atoms with Gasteiger partial charge in [0.15, 0.2) is 0 Å². The maximum atomic E-state index is 13.4. The maximum absolute atomic E-state index is 13.4. The maximum Gasteiger partial charge on any atom is 0.223 e. The number of hydrogen-bond donors (Lipinski definition) is 1. The van der Waals surface area contributed by atoms with Crippen molar-refractivity contribution in [2.24, 2.45) is 11.3 Å². The first kappa shape index (κ1) is 27.3. The van der Waals surface area contributed by atoms with Crippen LogP contribution in [-0.2, 0) is 9.59 Å². The Morgan fingerprint density at radius 3 is 2.33 bits per heavy atom. The van der Waals surface area contributed by atoms with Gasteiger partial charge in [-0.05, 0) is 75.1 Å². The molecule has 2 saturated heterocycles. The first-order valence-electron chi connectivity index (χ1n) is 13.9. The van der Waals surface area contributed by atoms with Gasteiger partial charge in [0, 0.05) is 49.5 Å². The van der Waals surface area contributed by atoms with Crippen LogP contribution in [0.2, 0.25) is 5.02 Å². The number of hydrogen-bond acceptors (Lipinski definition) is 4. The quantitative estimate of drug-likeness (QED) is 0.507. The van der Waals surface area contributed by atoms with Crippen molar-refractivity contribution in [1.82, 2.24) is 9.80 Å². The topological polar surface area (TPSA) is 70.1 Å². The van der Waals surface area contributed by atoms with Crippen molar-refractivity contribution in [2.75, 3.05) is 32.8 Å². The van der Waals surface area contributed by atoms with Gasteiger partial charge in [-0.2, -0.15) is 0 Å². The summed E-state index contributed by atoms with van der Waals surface area (Å²) in [6.07, 6.45) is 9.72. The van der Waals surface area contributed by atoms with Gasteiger partial charge in [-0.1, -0.05) is 37.3 Å². The van der Waals surface area contributed by atoms with Crippen LogP contribution in [0.1, 0.15) is 81.8 Å². The van der Waals surface area contributed by atoms with Gasteiger partial charge >= 0.3 is 0 Å². The third kappa shape index (κ3) is 6.95. The standard InChI is InChI=1S/C29H43ClN2O4/c1-21-16-25(17-22(2)28(21)30)36-20-29(18-27(35)31-14-10-24(33)11-15-31)12-5-13-32(19-29)26(34)9-8-23-6-3-4-7-23/h16-17,23-24,33H,3-15,18-20H2,1-2H3. The zero-order chi connectivity index (χ0) is 25.7. The van der Waals surface area contributed by atoms with Gasteiger partial charge in [-0.3, -0.25) is 9.59 Å². The molecule has 1 aliphatic carbocycles. The molecule has 1 aromatic rings. The van der Waals surface area contributed by atoms with E-state index in [9.17, 15) is 14.7 Å². The van der Waals surface area contributed by atoms with Crippen LogP contribution in [0.15, 0.2) is 12.1 Å². The van der Waals surface area contributed by atoms with Crippen LogP contribution in [0.5, 0.6) is 5.75 Å². The molecule has 2 aliphatic heterocycles. The van der Waals surface area contributed by atoms with Gasteiger partial charge < -0.3 is 19.6 Å². The Balaban J connectivity index is 1.46. The van der Waals surface area contributed by atoms with Gasteiger partial charge in [-0.15, -0.1) is 0 Å². The Bertz CT molecular complexity index is 901. The predicted molar refractivity (Wildman–Crippen MR) is 142 cm³/mol. The van der Waals surface area contributed by atoms with Gasteiger partial charge in [0.2, 0.25) is 11.8 Å². The first-order chi connectivity index (χ1) is 17.2. The fourth-order valence-electron chi connectivity index (χ4n) is 6.29. The van der Waals surface area contributed by atoms with Crippen LogP contribution < -0.4 is 4.74 Å². The van der Waals surface area contributed by atoms with E-state index in [1.165, 1.54) is 25.7 Å². The number of benzene rings is 1. The van der Waals surface area contributed by atoms with Crippen LogP contribution in [0, 0.1) is 25.2 Å². The van der Waals surface area contributed by atoms with Gasteiger partial charge in [0.25, 0.3) is 0 Å². The second-order valence-corrected chi connectivity index (χ2v) is 11.9. The molecule has 36 heavy (non-hydrogen) atoms. The predicted octanol–water partition coefficient (Wildman–Crippen LogP) is 5.29. The van der Waals surface area contributed by atoms with E-state index in [4.69, 9.17) is 16.3 Å². The molecule has 6 nitrogen and oxygen atoms in total. The average molecular weight is 519 g/mol. The normalized spacial score (nSPS) is 23.8. The zero-order valence-electron chi connectivity index (χ0n) is 22.1. The Labute approximate surface area is 221 Å². The molecular weight excluding hydrogens is 476 g/mol. The molecule has 3 fully saturated rings. The number of aliphatic hydroxyl groups excluding tert-OH is 1. The molecule has 200 valence electrons. The molecule has 2 amide bonds. The van der Waals surface area contributed by atoms with Crippen LogP contribution >= 0.6 is 11.6 Å². The molecule has 1 atom stereocenters. The van der Waals surface area contributed by atoms with E-state index in [0.717, 1.165) is 47.7 Å². The molecule has 1 aromatic carbocycles. The number of piperidine rings is 2. The number of carbonyl (C=O) groups is 2. The summed E-state index contributed by atoms with van der Waals surface area (Å²) >= 11 is 6.35. The number of aryl methyl sites for hydroxylation is 2.